The van der Waals surface area contributed by atoms with Crippen molar-refractivity contribution in [2.75, 3.05) is 6.61 Å². The highest BCUT2D eigenvalue weighted by Crippen LogP contribution is 2.73. The smallest absolute Gasteiger partial charge is 0.111 e. The Morgan fingerprint density at radius 1 is 1.15 bits per heavy atom. The molecule has 2 aliphatic heterocycles. The van der Waals surface area contributed by atoms with Crippen LogP contribution in [0.4, 0.5) is 0 Å². The van der Waals surface area contributed by atoms with Gasteiger partial charge in [-0.25, -0.2) is 0 Å². The van der Waals surface area contributed by atoms with Gasteiger partial charge in [-0.2, -0.15) is 0 Å². The zero-order chi connectivity index (χ0) is 13.4. The number of aliphatic hydroxyl groups excluding tert-OH is 1. The van der Waals surface area contributed by atoms with Gasteiger partial charge in [0.05, 0.1) is 18.8 Å². The molecular formula is C17H20O3. The molecule has 0 aromatic heterocycles. The molecule has 0 unspecified atom stereocenters. The summed E-state index contributed by atoms with van der Waals surface area (Å²) in [6.45, 7) is 0.0765. The van der Waals surface area contributed by atoms with Crippen LogP contribution < -0.4 is 0 Å². The van der Waals surface area contributed by atoms with Crippen LogP contribution in [-0.2, 0) is 9.47 Å². The van der Waals surface area contributed by atoms with E-state index in [0.29, 0.717) is 0 Å². The van der Waals surface area contributed by atoms with Crippen LogP contribution in [0, 0.1) is 5.41 Å². The first-order valence-electron chi connectivity index (χ1n) is 7.84. The Bertz CT molecular complexity index is 571. The predicted molar refractivity (Wildman–Crippen MR) is 73.2 cm³/mol. The minimum atomic E-state index is -0.242. The van der Waals surface area contributed by atoms with Crippen LogP contribution in [0.1, 0.15) is 55.4 Å². The van der Waals surface area contributed by atoms with Gasteiger partial charge in [-0.1, -0.05) is 37.1 Å². The lowest BCUT2D eigenvalue weighted by atomic mass is 9.57. The van der Waals surface area contributed by atoms with Gasteiger partial charge in [0.15, 0.2) is 0 Å². The van der Waals surface area contributed by atoms with Gasteiger partial charge in [0, 0.05) is 5.41 Å². The van der Waals surface area contributed by atoms with E-state index < -0.39 is 0 Å². The number of rotatable bonds is 1. The Morgan fingerprint density at radius 3 is 2.80 bits per heavy atom. The second kappa shape index (κ2) is 3.65. The first kappa shape index (κ1) is 11.7. The highest BCUT2D eigenvalue weighted by molar-refractivity contribution is 5.42. The quantitative estimate of drug-likeness (QED) is 0.854. The van der Waals surface area contributed by atoms with Crippen molar-refractivity contribution in [3.63, 3.8) is 0 Å². The molecule has 0 radical (unpaired) electrons. The van der Waals surface area contributed by atoms with E-state index in [-0.39, 0.29) is 35.9 Å². The zero-order valence-corrected chi connectivity index (χ0v) is 11.5. The number of fused-ring (bicyclic) bond motifs is 4. The van der Waals surface area contributed by atoms with Crippen LogP contribution >= 0.6 is 0 Å². The fourth-order valence-corrected chi connectivity index (χ4v) is 5.57. The normalized spacial score (nSPS) is 48.0. The molecule has 1 aromatic rings. The van der Waals surface area contributed by atoms with Crippen molar-refractivity contribution in [2.45, 2.75) is 56.0 Å². The van der Waals surface area contributed by atoms with Crippen LogP contribution in [0.15, 0.2) is 24.3 Å². The van der Waals surface area contributed by atoms with Crippen LogP contribution in [0.5, 0.6) is 0 Å². The van der Waals surface area contributed by atoms with Crippen molar-refractivity contribution in [1.82, 2.24) is 0 Å². The van der Waals surface area contributed by atoms with Gasteiger partial charge in [0.1, 0.15) is 11.7 Å². The van der Waals surface area contributed by atoms with E-state index in [9.17, 15) is 5.11 Å². The van der Waals surface area contributed by atoms with Gasteiger partial charge in [-0.3, -0.25) is 0 Å². The van der Waals surface area contributed by atoms with Crippen LogP contribution in [0.25, 0.3) is 0 Å². The summed E-state index contributed by atoms with van der Waals surface area (Å²) < 4.78 is 12.9. The Hall–Kier alpha value is -0.900. The first-order chi connectivity index (χ1) is 9.81. The number of aliphatic hydroxyl groups is 1. The topological polar surface area (TPSA) is 38.7 Å². The molecule has 106 valence electrons. The third-order valence-electron chi connectivity index (χ3n) is 6.28. The van der Waals surface area contributed by atoms with Crippen LogP contribution in [0.2, 0.25) is 0 Å². The molecule has 3 heteroatoms. The largest absolute Gasteiger partial charge is 0.394 e. The maximum atomic E-state index is 9.81. The lowest BCUT2D eigenvalue weighted by Crippen LogP contribution is -2.52. The number of benzene rings is 1. The molecule has 0 amide bonds. The van der Waals surface area contributed by atoms with E-state index >= 15 is 0 Å². The van der Waals surface area contributed by atoms with Gasteiger partial charge in [0.25, 0.3) is 0 Å². The van der Waals surface area contributed by atoms with Gasteiger partial charge in [-0.15, -0.1) is 0 Å². The lowest BCUT2D eigenvalue weighted by Gasteiger charge is -2.45. The first-order valence-corrected chi connectivity index (χ1v) is 7.84. The Morgan fingerprint density at radius 2 is 1.95 bits per heavy atom. The van der Waals surface area contributed by atoms with Gasteiger partial charge < -0.3 is 14.6 Å². The zero-order valence-electron chi connectivity index (χ0n) is 11.5. The maximum absolute atomic E-state index is 9.81. The average molecular weight is 272 g/mol. The molecular weight excluding hydrogens is 252 g/mol. The van der Waals surface area contributed by atoms with Gasteiger partial charge in [0.2, 0.25) is 0 Å². The minimum absolute atomic E-state index is 0.0765. The summed E-state index contributed by atoms with van der Waals surface area (Å²) in [5, 5.41) is 9.81. The van der Waals surface area contributed by atoms with E-state index in [2.05, 4.69) is 24.3 Å². The van der Waals surface area contributed by atoms with E-state index in [4.69, 9.17) is 9.47 Å². The monoisotopic (exact) mass is 272 g/mol. The van der Waals surface area contributed by atoms with Crippen molar-refractivity contribution in [1.29, 1.82) is 0 Å². The molecule has 1 aromatic carbocycles. The number of hydrogen-bond acceptors (Lipinski definition) is 3. The Labute approximate surface area is 118 Å². The highest BCUT2D eigenvalue weighted by Gasteiger charge is 2.74. The van der Waals surface area contributed by atoms with Crippen LogP contribution in [0.3, 0.4) is 0 Å². The van der Waals surface area contributed by atoms with Crippen LogP contribution in [-0.4, -0.2) is 23.4 Å². The Kier molecular flexibility index (Phi) is 2.14. The van der Waals surface area contributed by atoms with Crippen molar-refractivity contribution in [3.05, 3.63) is 35.4 Å². The standard InChI is InChI=1S/C17H20O3/c18-10-14-17-8-4-3-7-16(17)9-13(20-17)11-5-1-2-6-12(11)15(16)19-14/h1-2,5-6,13-15,18H,3-4,7-10H2/t13-,14+,15-,16+,17-/m1/s1. The SMILES string of the molecule is OC[C@@H]1O[C@@H]2c3ccccc3[C@H]3C[C@@]24CCCC[C@@]14O3. The third kappa shape index (κ3) is 1.08. The molecule has 1 spiro atoms. The molecule has 20 heavy (non-hydrogen) atoms. The molecule has 1 N–H and O–H groups in total. The second-order valence-electron chi connectivity index (χ2n) is 6.88. The maximum Gasteiger partial charge on any atom is 0.111 e. The molecule has 3 nitrogen and oxygen atoms in total. The minimum Gasteiger partial charge on any atom is -0.394 e. The lowest BCUT2D eigenvalue weighted by molar-refractivity contribution is -0.139. The highest BCUT2D eigenvalue weighted by atomic mass is 16.6. The van der Waals surface area contributed by atoms with E-state index in [1.165, 1.54) is 30.4 Å². The fourth-order valence-electron chi connectivity index (χ4n) is 5.57. The summed E-state index contributed by atoms with van der Waals surface area (Å²) in [5.74, 6) is 0. The van der Waals surface area contributed by atoms with Crippen molar-refractivity contribution < 1.29 is 14.6 Å². The summed E-state index contributed by atoms with van der Waals surface area (Å²) >= 11 is 0. The van der Waals surface area contributed by atoms with E-state index in [1.54, 1.807) is 0 Å². The molecule has 2 aliphatic carbocycles. The summed E-state index contributed by atoms with van der Waals surface area (Å²) in [6.07, 6.45) is 5.93. The van der Waals surface area contributed by atoms with Crippen molar-refractivity contribution in [2.24, 2.45) is 5.41 Å². The van der Waals surface area contributed by atoms with Gasteiger partial charge in [-0.05, 0) is 30.4 Å². The molecule has 5 atom stereocenters. The summed E-state index contributed by atoms with van der Waals surface area (Å²) in [5.41, 5.74) is 2.49. The molecule has 2 heterocycles. The van der Waals surface area contributed by atoms with E-state index in [0.717, 1.165) is 12.8 Å². The number of hydrogen-bond donors (Lipinski definition) is 1. The molecule has 3 fully saturated rings. The molecule has 2 bridgehead atoms. The average Bonchev–Trinajstić information content (AvgIpc) is 2.94. The van der Waals surface area contributed by atoms with Crippen molar-refractivity contribution >= 4 is 0 Å². The molecule has 2 saturated heterocycles. The summed E-state index contributed by atoms with van der Waals surface area (Å²) in [6, 6.07) is 8.58. The van der Waals surface area contributed by atoms with Gasteiger partial charge >= 0.3 is 0 Å². The summed E-state index contributed by atoms with van der Waals surface area (Å²) in [4.78, 5) is 0. The Balaban J connectivity index is 1.76. The molecule has 1 saturated carbocycles. The third-order valence-corrected chi connectivity index (χ3v) is 6.28. The fraction of sp³-hybridized carbons (Fsp3) is 0.647. The molecule has 4 aliphatic rings. The number of ether oxygens (including phenoxy) is 2. The molecule has 5 rings (SSSR count). The van der Waals surface area contributed by atoms with E-state index in [1.807, 2.05) is 0 Å². The van der Waals surface area contributed by atoms with Crippen molar-refractivity contribution in [3.8, 4) is 0 Å². The second-order valence-corrected chi connectivity index (χ2v) is 6.88. The predicted octanol–water partition coefficient (Wildman–Crippen LogP) is 2.89. The summed E-state index contributed by atoms with van der Waals surface area (Å²) in [7, 11) is 0.